The second-order valence-corrected chi connectivity index (χ2v) is 4.63. The lowest BCUT2D eigenvalue weighted by Gasteiger charge is -2.01. The van der Waals surface area contributed by atoms with E-state index in [2.05, 4.69) is 9.97 Å². The first kappa shape index (κ1) is 12.2. The first-order valence-electron chi connectivity index (χ1n) is 6.05. The van der Waals surface area contributed by atoms with Crippen LogP contribution < -0.4 is 5.73 Å². The monoisotopic (exact) mass is 268 g/mol. The second kappa shape index (κ2) is 4.34. The fourth-order valence-electron chi connectivity index (χ4n) is 2.11. The van der Waals surface area contributed by atoms with Gasteiger partial charge in [-0.15, -0.1) is 0 Å². The van der Waals surface area contributed by atoms with Gasteiger partial charge in [-0.1, -0.05) is 6.07 Å². The number of fused-ring (bicyclic) bond motifs is 1. The average Bonchev–Trinajstić information content (AvgIpc) is 2.81. The van der Waals surface area contributed by atoms with Gasteiger partial charge in [-0.25, -0.2) is 4.98 Å². The minimum absolute atomic E-state index is 0.00848. The Morgan fingerprint density at radius 2 is 2.05 bits per heavy atom. The summed E-state index contributed by atoms with van der Waals surface area (Å²) in [5, 5.41) is 10.8. The number of anilines is 1. The van der Waals surface area contributed by atoms with Gasteiger partial charge in [0.1, 0.15) is 5.82 Å². The smallest absolute Gasteiger partial charge is 0.270 e. The molecule has 6 heteroatoms. The Morgan fingerprint density at radius 1 is 1.25 bits per heavy atom. The predicted molar refractivity (Wildman–Crippen MR) is 77.3 cm³/mol. The number of nitrogens with one attached hydrogen (secondary N) is 1. The van der Waals surface area contributed by atoms with Crippen LogP contribution in [0.25, 0.3) is 22.4 Å². The Kier molecular flexibility index (Phi) is 2.64. The van der Waals surface area contributed by atoms with Crippen LogP contribution in [0.1, 0.15) is 5.56 Å². The quantitative estimate of drug-likeness (QED) is 0.424. The number of hydrogen-bond donors (Lipinski definition) is 2. The molecule has 1 heterocycles. The van der Waals surface area contributed by atoms with Crippen molar-refractivity contribution in [3.8, 4) is 11.4 Å². The Hall–Kier alpha value is -2.89. The Bertz CT molecular complexity index is 823. The van der Waals surface area contributed by atoms with Crippen molar-refractivity contribution in [1.82, 2.24) is 9.97 Å². The number of rotatable bonds is 2. The predicted octanol–water partition coefficient (Wildman–Crippen LogP) is 3.03. The molecule has 2 aromatic carbocycles. The van der Waals surface area contributed by atoms with Crippen LogP contribution >= 0.6 is 0 Å². The highest BCUT2D eigenvalue weighted by Gasteiger charge is 2.13. The number of aromatic amines is 1. The van der Waals surface area contributed by atoms with E-state index in [9.17, 15) is 10.1 Å². The summed E-state index contributed by atoms with van der Waals surface area (Å²) in [5.41, 5.74) is 9.66. The van der Waals surface area contributed by atoms with E-state index in [0.717, 1.165) is 16.6 Å². The van der Waals surface area contributed by atoms with Gasteiger partial charge in [0.2, 0.25) is 0 Å². The Morgan fingerprint density at radius 3 is 2.80 bits per heavy atom. The van der Waals surface area contributed by atoms with Crippen molar-refractivity contribution in [2.75, 3.05) is 5.73 Å². The van der Waals surface area contributed by atoms with Crippen molar-refractivity contribution >= 4 is 22.4 Å². The molecule has 0 bridgehead atoms. The maximum Gasteiger partial charge on any atom is 0.270 e. The number of benzene rings is 2. The number of nitro benzene ring substituents is 1. The SMILES string of the molecule is Cc1ccc2nc(-c3cc([N+](=O)[O-])ccc3N)[nH]c2c1. The van der Waals surface area contributed by atoms with Crippen molar-refractivity contribution in [3.63, 3.8) is 0 Å². The zero-order chi connectivity index (χ0) is 14.3. The number of nitrogens with zero attached hydrogens (tertiary/aromatic N) is 2. The van der Waals surface area contributed by atoms with Crippen LogP contribution in [-0.2, 0) is 0 Å². The number of H-pyrrole nitrogens is 1. The number of nitrogen functional groups attached to an aromatic ring is 1. The summed E-state index contributed by atoms with van der Waals surface area (Å²) in [6.45, 7) is 1.99. The highest BCUT2D eigenvalue weighted by atomic mass is 16.6. The van der Waals surface area contributed by atoms with Crippen molar-refractivity contribution in [3.05, 3.63) is 52.1 Å². The summed E-state index contributed by atoms with van der Waals surface area (Å²) < 4.78 is 0. The van der Waals surface area contributed by atoms with Gasteiger partial charge in [0.25, 0.3) is 5.69 Å². The molecule has 100 valence electrons. The van der Waals surface area contributed by atoms with E-state index in [1.165, 1.54) is 18.2 Å². The van der Waals surface area contributed by atoms with Gasteiger partial charge in [0.15, 0.2) is 0 Å². The Balaban J connectivity index is 2.19. The van der Waals surface area contributed by atoms with Gasteiger partial charge in [0, 0.05) is 23.4 Å². The van der Waals surface area contributed by atoms with Gasteiger partial charge in [0.05, 0.1) is 16.0 Å². The van der Waals surface area contributed by atoms with E-state index < -0.39 is 4.92 Å². The molecule has 0 radical (unpaired) electrons. The largest absolute Gasteiger partial charge is 0.398 e. The molecule has 0 amide bonds. The lowest BCUT2D eigenvalue weighted by atomic mass is 10.1. The molecule has 0 unspecified atom stereocenters. The van der Waals surface area contributed by atoms with Crippen LogP contribution in [-0.4, -0.2) is 14.9 Å². The molecule has 0 atom stereocenters. The zero-order valence-corrected chi connectivity index (χ0v) is 10.8. The molecule has 0 aliphatic rings. The fourth-order valence-corrected chi connectivity index (χ4v) is 2.11. The topological polar surface area (TPSA) is 97.8 Å². The van der Waals surface area contributed by atoms with Gasteiger partial charge in [-0.05, 0) is 30.7 Å². The molecular formula is C14H12N4O2. The number of nitro groups is 1. The van der Waals surface area contributed by atoms with Crippen molar-refractivity contribution in [2.24, 2.45) is 0 Å². The molecule has 3 N–H and O–H groups in total. The maximum atomic E-state index is 10.8. The molecule has 1 aromatic heterocycles. The van der Waals surface area contributed by atoms with Crippen LogP contribution in [0, 0.1) is 17.0 Å². The third kappa shape index (κ3) is 1.97. The molecule has 0 saturated heterocycles. The second-order valence-electron chi connectivity index (χ2n) is 4.63. The van der Waals surface area contributed by atoms with Gasteiger partial charge in [-0.2, -0.15) is 0 Å². The van der Waals surface area contributed by atoms with Crippen LogP contribution in [0.2, 0.25) is 0 Å². The molecule has 0 aliphatic carbocycles. The summed E-state index contributed by atoms with van der Waals surface area (Å²) in [6.07, 6.45) is 0. The fraction of sp³-hybridized carbons (Fsp3) is 0.0714. The number of non-ortho nitro benzene ring substituents is 1. The van der Waals surface area contributed by atoms with E-state index in [4.69, 9.17) is 5.73 Å². The third-order valence-corrected chi connectivity index (χ3v) is 3.14. The van der Waals surface area contributed by atoms with Crippen LogP contribution in [0.3, 0.4) is 0 Å². The van der Waals surface area contributed by atoms with Crippen LogP contribution in [0.5, 0.6) is 0 Å². The summed E-state index contributed by atoms with van der Waals surface area (Å²) in [6, 6.07) is 10.2. The van der Waals surface area contributed by atoms with Crippen molar-refractivity contribution in [1.29, 1.82) is 0 Å². The molecule has 3 aromatic rings. The average molecular weight is 268 g/mol. The number of aromatic nitrogens is 2. The number of imidazole rings is 1. The molecular weight excluding hydrogens is 256 g/mol. The number of aryl methyl sites for hydroxylation is 1. The minimum atomic E-state index is -0.449. The summed E-state index contributed by atoms with van der Waals surface area (Å²) >= 11 is 0. The van der Waals surface area contributed by atoms with Gasteiger partial charge < -0.3 is 10.7 Å². The third-order valence-electron chi connectivity index (χ3n) is 3.14. The highest BCUT2D eigenvalue weighted by Crippen LogP contribution is 2.29. The van der Waals surface area contributed by atoms with E-state index in [1.54, 1.807) is 0 Å². The van der Waals surface area contributed by atoms with E-state index in [0.29, 0.717) is 17.1 Å². The first-order chi connectivity index (χ1) is 9.54. The zero-order valence-electron chi connectivity index (χ0n) is 10.8. The maximum absolute atomic E-state index is 10.8. The van der Waals surface area contributed by atoms with Crippen molar-refractivity contribution < 1.29 is 4.92 Å². The van der Waals surface area contributed by atoms with Crippen molar-refractivity contribution in [2.45, 2.75) is 6.92 Å². The van der Waals surface area contributed by atoms with E-state index in [-0.39, 0.29) is 5.69 Å². The summed E-state index contributed by atoms with van der Waals surface area (Å²) in [4.78, 5) is 18.0. The molecule has 20 heavy (non-hydrogen) atoms. The number of hydrogen-bond acceptors (Lipinski definition) is 4. The summed E-state index contributed by atoms with van der Waals surface area (Å²) in [7, 11) is 0. The summed E-state index contributed by atoms with van der Waals surface area (Å²) in [5.74, 6) is 0.534. The lowest BCUT2D eigenvalue weighted by molar-refractivity contribution is -0.384. The van der Waals surface area contributed by atoms with E-state index >= 15 is 0 Å². The van der Waals surface area contributed by atoms with Crippen LogP contribution in [0.4, 0.5) is 11.4 Å². The van der Waals surface area contributed by atoms with Crippen LogP contribution in [0.15, 0.2) is 36.4 Å². The molecule has 0 saturated carbocycles. The molecule has 3 rings (SSSR count). The molecule has 0 spiro atoms. The lowest BCUT2D eigenvalue weighted by Crippen LogP contribution is -1.94. The van der Waals surface area contributed by atoms with E-state index in [1.807, 2.05) is 25.1 Å². The van der Waals surface area contributed by atoms with Gasteiger partial charge >= 0.3 is 0 Å². The normalized spacial score (nSPS) is 10.8. The molecule has 6 nitrogen and oxygen atoms in total. The molecule has 0 fully saturated rings. The first-order valence-corrected chi connectivity index (χ1v) is 6.05. The highest BCUT2D eigenvalue weighted by molar-refractivity contribution is 5.83. The standard InChI is InChI=1S/C14H12N4O2/c1-8-2-5-12-13(6-8)17-14(16-12)10-7-9(18(19)20)3-4-11(10)15/h2-7H,15H2,1H3,(H,16,17). The Labute approximate surface area is 114 Å². The molecule has 0 aliphatic heterocycles. The minimum Gasteiger partial charge on any atom is -0.398 e. The number of nitrogens with two attached hydrogens (primary N) is 1. The van der Waals surface area contributed by atoms with Gasteiger partial charge in [-0.3, -0.25) is 10.1 Å².